The van der Waals surface area contributed by atoms with Crippen molar-refractivity contribution >= 4 is 0 Å². The van der Waals surface area contributed by atoms with Crippen LogP contribution in [0.15, 0.2) is 0 Å². The Morgan fingerprint density at radius 3 is 2.69 bits per heavy atom. The van der Waals surface area contributed by atoms with Gasteiger partial charge in [0.1, 0.15) is 0 Å². The van der Waals surface area contributed by atoms with E-state index in [1.165, 1.54) is 51.4 Å². The third kappa shape index (κ3) is 3.81. The van der Waals surface area contributed by atoms with Gasteiger partial charge >= 0.3 is 0 Å². The van der Waals surface area contributed by atoms with Gasteiger partial charge in [-0.1, -0.05) is 58.8 Å². The predicted molar refractivity (Wildman–Crippen MR) is 69.1 cm³/mol. The van der Waals surface area contributed by atoms with E-state index in [2.05, 4.69) is 19.9 Å². The molecule has 0 aromatic heterocycles. The minimum Gasteiger partial charge on any atom is -0.198 e. The molecule has 92 valence electrons. The number of hydrogen-bond donors (Lipinski definition) is 0. The fraction of sp³-hybridized carbons (Fsp3) is 0.933. The molecule has 1 heteroatoms. The number of unbranched alkanes of at least 4 members (excludes halogenated alkanes) is 3. The summed E-state index contributed by atoms with van der Waals surface area (Å²) in [4.78, 5) is 0. The Morgan fingerprint density at radius 1 is 1.25 bits per heavy atom. The van der Waals surface area contributed by atoms with E-state index in [1.54, 1.807) is 0 Å². The van der Waals surface area contributed by atoms with E-state index in [1.807, 2.05) is 0 Å². The normalized spacial score (nSPS) is 29.9. The van der Waals surface area contributed by atoms with Crippen LogP contribution in [0, 0.1) is 22.7 Å². The summed E-state index contributed by atoms with van der Waals surface area (Å²) in [5.41, 5.74) is 0.0483. The first-order valence-electron chi connectivity index (χ1n) is 7.17. The average Bonchev–Trinajstić information content (AvgIpc) is 2.35. The maximum Gasteiger partial charge on any atom is 0.0689 e. The lowest BCUT2D eigenvalue weighted by molar-refractivity contribution is 0.178. The Hall–Kier alpha value is -0.510. The van der Waals surface area contributed by atoms with Crippen molar-refractivity contribution in [2.24, 2.45) is 11.3 Å². The van der Waals surface area contributed by atoms with E-state index in [4.69, 9.17) is 0 Å². The van der Waals surface area contributed by atoms with Gasteiger partial charge in [0.05, 0.1) is 11.5 Å². The molecule has 1 saturated carbocycles. The maximum absolute atomic E-state index is 9.46. The molecule has 0 amide bonds. The molecule has 0 radical (unpaired) electrons. The highest BCUT2D eigenvalue weighted by atomic mass is 14.4. The Labute approximate surface area is 101 Å². The maximum atomic E-state index is 9.46. The summed E-state index contributed by atoms with van der Waals surface area (Å²) in [5.74, 6) is 0.819. The lowest BCUT2D eigenvalue weighted by Gasteiger charge is -2.35. The Kier molecular flexibility index (Phi) is 5.88. The molecule has 1 rings (SSSR count). The van der Waals surface area contributed by atoms with Crippen LogP contribution in [0.4, 0.5) is 0 Å². The van der Waals surface area contributed by atoms with Crippen molar-refractivity contribution < 1.29 is 0 Å². The first-order chi connectivity index (χ1) is 7.76. The zero-order valence-corrected chi connectivity index (χ0v) is 11.1. The van der Waals surface area contributed by atoms with Crippen LogP contribution in [0.25, 0.3) is 0 Å². The highest BCUT2D eigenvalue weighted by molar-refractivity contribution is 5.01. The van der Waals surface area contributed by atoms with E-state index in [0.717, 1.165) is 18.8 Å². The molecular formula is C15H27N. The molecule has 0 aromatic rings. The standard InChI is InChI=1S/C15H27N/c1-3-5-6-7-10-15(13-16)11-8-9-14(4-2)12-15/h14H,3-12H2,1-2H3. The average molecular weight is 221 g/mol. The lowest BCUT2D eigenvalue weighted by Crippen LogP contribution is -2.27. The van der Waals surface area contributed by atoms with E-state index in [9.17, 15) is 5.26 Å². The van der Waals surface area contributed by atoms with Gasteiger partial charge in [-0.05, 0) is 25.2 Å². The van der Waals surface area contributed by atoms with Gasteiger partial charge in [0.2, 0.25) is 0 Å². The molecule has 0 N–H and O–H groups in total. The zero-order valence-electron chi connectivity index (χ0n) is 11.1. The molecule has 1 fully saturated rings. The molecule has 2 unspecified atom stereocenters. The minimum absolute atomic E-state index is 0.0483. The van der Waals surface area contributed by atoms with Gasteiger partial charge in [-0.25, -0.2) is 0 Å². The molecule has 0 aromatic carbocycles. The van der Waals surface area contributed by atoms with Crippen LogP contribution in [-0.2, 0) is 0 Å². The molecule has 1 aliphatic rings. The number of hydrogen-bond acceptors (Lipinski definition) is 1. The molecule has 0 spiro atoms. The van der Waals surface area contributed by atoms with Crippen molar-refractivity contribution in [2.45, 2.75) is 78.1 Å². The Morgan fingerprint density at radius 2 is 2.06 bits per heavy atom. The molecule has 1 nitrogen and oxygen atoms in total. The topological polar surface area (TPSA) is 23.8 Å². The van der Waals surface area contributed by atoms with Crippen molar-refractivity contribution in [1.29, 1.82) is 5.26 Å². The van der Waals surface area contributed by atoms with Crippen molar-refractivity contribution in [1.82, 2.24) is 0 Å². The zero-order chi connectivity index (χ0) is 11.9. The van der Waals surface area contributed by atoms with Crippen molar-refractivity contribution in [3.8, 4) is 6.07 Å². The fourth-order valence-electron chi connectivity index (χ4n) is 3.11. The molecule has 0 saturated heterocycles. The van der Waals surface area contributed by atoms with Crippen LogP contribution in [0.1, 0.15) is 78.1 Å². The van der Waals surface area contributed by atoms with Gasteiger partial charge < -0.3 is 0 Å². The van der Waals surface area contributed by atoms with Gasteiger partial charge in [0.25, 0.3) is 0 Å². The molecule has 2 atom stereocenters. The first-order valence-corrected chi connectivity index (χ1v) is 7.17. The molecule has 0 bridgehead atoms. The second-order valence-electron chi connectivity index (χ2n) is 5.57. The van der Waals surface area contributed by atoms with Crippen LogP contribution in [0.5, 0.6) is 0 Å². The summed E-state index contributed by atoms with van der Waals surface area (Å²) < 4.78 is 0. The van der Waals surface area contributed by atoms with E-state index < -0.39 is 0 Å². The van der Waals surface area contributed by atoms with Crippen LogP contribution in [0.3, 0.4) is 0 Å². The molecular weight excluding hydrogens is 194 g/mol. The largest absolute Gasteiger partial charge is 0.198 e. The summed E-state index contributed by atoms with van der Waals surface area (Å²) in [7, 11) is 0. The third-order valence-corrected chi connectivity index (χ3v) is 4.27. The third-order valence-electron chi connectivity index (χ3n) is 4.27. The SMILES string of the molecule is CCCCCCC1(C#N)CCCC(CC)C1. The van der Waals surface area contributed by atoms with Crippen LogP contribution in [-0.4, -0.2) is 0 Å². The molecule has 0 aliphatic heterocycles. The number of rotatable bonds is 6. The second kappa shape index (κ2) is 6.94. The first kappa shape index (κ1) is 13.6. The quantitative estimate of drug-likeness (QED) is 0.575. The van der Waals surface area contributed by atoms with Gasteiger partial charge in [-0.2, -0.15) is 5.26 Å². The Balaban J connectivity index is 2.40. The van der Waals surface area contributed by atoms with Crippen molar-refractivity contribution in [2.75, 3.05) is 0 Å². The van der Waals surface area contributed by atoms with Crippen LogP contribution < -0.4 is 0 Å². The summed E-state index contributed by atoms with van der Waals surface area (Å²) in [6.45, 7) is 4.52. The van der Waals surface area contributed by atoms with Gasteiger partial charge in [-0.3, -0.25) is 0 Å². The highest BCUT2D eigenvalue weighted by Crippen LogP contribution is 2.43. The lowest BCUT2D eigenvalue weighted by atomic mass is 9.67. The highest BCUT2D eigenvalue weighted by Gasteiger charge is 2.35. The van der Waals surface area contributed by atoms with Gasteiger partial charge in [0.15, 0.2) is 0 Å². The fourth-order valence-corrected chi connectivity index (χ4v) is 3.11. The summed E-state index contributed by atoms with van der Waals surface area (Å²) in [6, 6.07) is 2.66. The summed E-state index contributed by atoms with van der Waals surface area (Å²) >= 11 is 0. The summed E-state index contributed by atoms with van der Waals surface area (Å²) in [5, 5.41) is 9.46. The van der Waals surface area contributed by atoms with Crippen LogP contribution in [0.2, 0.25) is 0 Å². The number of nitriles is 1. The van der Waals surface area contributed by atoms with E-state index in [-0.39, 0.29) is 5.41 Å². The smallest absolute Gasteiger partial charge is 0.0689 e. The minimum atomic E-state index is 0.0483. The number of nitrogens with zero attached hydrogens (tertiary/aromatic N) is 1. The molecule has 1 aliphatic carbocycles. The van der Waals surface area contributed by atoms with Crippen molar-refractivity contribution in [3.63, 3.8) is 0 Å². The molecule has 16 heavy (non-hydrogen) atoms. The monoisotopic (exact) mass is 221 g/mol. The second-order valence-corrected chi connectivity index (χ2v) is 5.57. The van der Waals surface area contributed by atoms with Gasteiger partial charge in [0, 0.05) is 0 Å². The van der Waals surface area contributed by atoms with E-state index in [0.29, 0.717) is 0 Å². The Bertz CT molecular complexity index is 228. The molecule has 0 heterocycles. The van der Waals surface area contributed by atoms with Crippen molar-refractivity contribution in [3.05, 3.63) is 0 Å². The predicted octanol–water partition coefficient (Wildman–Crippen LogP) is 5.07. The van der Waals surface area contributed by atoms with Crippen LogP contribution >= 0.6 is 0 Å². The summed E-state index contributed by atoms with van der Waals surface area (Å²) in [6.07, 6.45) is 12.6. The van der Waals surface area contributed by atoms with E-state index >= 15 is 0 Å². The van der Waals surface area contributed by atoms with Gasteiger partial charge in [-0.15, -0.1) is 0 Å².